The molecule has 2 rings (SSSR count). The zero-order valence-corrected chi connectivity index (χ0v) is 9.57. The molecule has 1 unspecified atom stereocenters. The first kappa shape index (κ1) is 10.2. The van der Waals surface area contributed by atoms with Gasteiger partial charge in [0, 0.05) is 12.7 Å². The van der Waals surface area contributed by atoms with Gasteiger partial charge in [-0.05, 0) is 22.4 Å². The highest BCUT2D eigenvalue weighted by atomic mass is 79.9. The molecule has 0 spiro atoms. The third-order valence-corrected chi connectivity index (χ3v) is 3.12. The number of nitrogens with two attached hydrogens (primary N) is 2. The minimum atomic E-state index is -0.315. The molecule has 15 heavy (non-hydrogen) atoms. The highest BCUT2D eigenvalue weighted by molar-refractivity contribution is 9.10. The largest absolute Gasteiger partial charge is 0.396 e. The normalized spacial score (nSPS) is 19.8. The highest BCUT2D eigenvalue weighted by Gasteiger charge is 2.34. The number of hydrogen-bond donors (Lipinski definition) is 2. The van der Waals surface area contributed by atoms with Gasteiger partial charge < -0.3 is 16.4 Å². The molecule has 2 heterocycles. The van der Waals surface area contributed by atoms with Crippen molar-refractivity contribution in [2.45, 2.75) is 12.5 Å². The van der Waals surface area contributed by atoms with Crippen LogP contribution in [-0.2, 0) is 4.79 Å². The van der Waals surface area contributed by atoms with Gasteiger partial charge >= 0.3 is 0 Å². The molecule has 0 aromatic carbocycles. The van der Waals surface area contributed by atoms with Gasteiger partial charge in [0.1, 0.15) is 6.04 Å². The predicted octanol–water partition coefficient (Wildman–Crippen LogP) is 0.490. The molecular formula is C9H11BrN4O. The number of amides is 1. The molecule has 1 fully saturated rings. The van der Waals surface area contributed by atoms with Crippen LogP contribution in [0.3, 0.4) is 0 Å². The molecule has 5 nitrogen and oxygen atoms in total. The van der Waals surface area contributed by atoms with Crippen molar-refractivity contribution in [3.8, 4) is 0 Å². The molecule has 1 saturated heterocycles. The van der Waals surface area contributed by atoms with E-state index < -0.39 is 0 Å². The van der Waals surface area contributed by atoms with E-state index in [-0.39, 0.29) is 11.9 Å². The summed E-state index contributed by atoms with van der Waals surface area (Å²) in [7, 11) is 0. The van der Waals surface area contributed by atoms with Crippen LogP contribution in [0.2, 0.25) is 0 Å². The van der Waals surface area contributed by atoms with E-state index in [2.05, 4.69) is 20.9 Å². The lowest BCUT2D eigenvalue weighted by molar-refractivity contribution is -0.120. The summed E-state index contributed by atoms with van der Waals surface area (Å²) >= 11 is 3.36. The summed E-state index contributed by atoms with van der Waals surface area (Å²) in [6.07, 6.45) is 4.00. The second-order valence-corrected chi connectivity index (χ2v) is 4.31. The molecular weight excluding hydrogens is 260 g/mol. The molecule has 1 aromatic heterocycles. The van der Waals surface area contributed by atoms with Gasteiger partial charge in [-0.25, -0.2) is 0 Å². The summed E-state index contributed by atoms with van der Waals surface area (Å²) < 4.78 is 0.786. The molecule has 80 valence electrons. The number of carbonyl (C=O) groups is 1. The number of nitrogens with zero attached hydrogens (tertiary/aromatic N) is 2. The van der Waals surface area contributed by atoms with E-state index >= 15 is 0 Å². The summed E-state index contributed by atoms with van der Waals surface area (Å²) in [5.41, 5.74) is 12.4. The predicted molar refractivity (Wildman–Crippen MR) is 61.3 cm³/mol. The fourth-order valence-corrected chi connectivity index (χ4v) is 2.27. The Morgan fingerprint density at radius 3 is 2.80 bits per heavy atom. The van der Waals surface area contributed by atoms with Gasteiger partial charge in [-0.2, -0.15) is 0 Å². The van der Waals surface area contributed by atoms with E-state index in [1.54, 1.807) is 12.4 Å². The maximum absolute atomic E-state index is 11.1. The van der Waals surface area contributed by atoms with Gasteiger partial charge in [-0.1, -0.05) is 0 Å². The Morgan fingerprint density at radius 2 is 2.33 bits per heavy atom. The molecule has 1 aliphatic heterocycles. The van der Waals surface area contributed by atoms with Crippen LogP contribution >= 0.6 is 15.9 Å². The van der Waals surface area contributed by atoms with Gasteiger partial charge in [-0.15, -0.1) is 0 Å². The average molecular weight is 271 g/mol. The smallest absolute Gasteiger partial charge is 0.240 e. The molecule has 6 heteroatoms. The molecule has 0 saturated carbocycles. The second kappa shape index (κ2) is 3.69. The number of aromatic nitrogens is 1. The number of halogens is 1. The number of hydrogen-bond acceptors (Lipinski definition) is 4. The fraction of sp³-hybridized carbons (Fsp3) is 0.333. The third kappa shape index (κ3) is 1.65. The van der Waals surface area contributed by atoms with E-state index in [9.17, 15) is 4.79 Å². The standard InChI is InChI=1S/C9H11BrN4O/c10-5-3-13-4-6(11)8(5)14-2-1-7(14)9(12)15/h3-4,7H,1-2,11H2,(H2,12,15). The lowest BCUT2D eigenvalue weighted by Gasteiger charge is -2.41. The van der Waals surface area contributed by atoms with Crippen LogP contribution in [0.25, 0.3) is 0 Å². The van der Waals surface area contributed by atoms with Crippen LogP contribution in [0.15, 0.2) is 16.9 Å². The van der Waals surface area contributed by atoms with Crippen LogP contribution in [0.4, 0.5) is 11.4 Å². The van der Waals surface area contributed by atoms with E-state index in [1.807, 2.05) is 4.90 Å². The van der Waals surface area contributed by atoms with Crippen molar-refractivity contribution in [2.24, 2.45) is 5.73 Å². The number of pyridine rings is 1. The number of anilines is 2. The van der Waals surface area contributed by atoms with Crippen molar-refractivity contribution in [3.05, 3.63) is 16.9 Å². The van der Waals surface area contributed by atoms with Crippen molar-refractivity contribution in [3.63, 3.8) is 0 Å². The van der Waals surface area contributed by atoms with Crippen LogP contribution in [0.5, 0.6) is 0 Å². The summed E-state index contributed by atoms with van der Waals surface area (Å²) in [5.74, 6) is -0.315. The van der Waals surface area contributed by atoms with Crippen LogP contribution in [-0.4, -0.2) is 23.5 Å². The SMILES string of the molecule is NC(=O)C1CCN1c1c(N)cncc1Br. The highest BCUT2D eigenvalue weighted by Crippen LogP contribution is 2.36. The molecule has 0 bridgehead atoms. The van der Waals surface area contributed by atoms with Gasteiger partial charge in [-0.3, -0.25) is 9.78 Å². The zero-order chi connectivity index (χ0) is 11.0. The number of primary amides is 1. The Kier molecular flexibility index (Phi) is 2.52. The van der Waals surface area contributed by atoms with Crippen molar-refractivity contribution < 1.29 is 4.79 Å². The fourth-order valence-electron chi connectivity index (χ4n) is 1.70. The van der Waals surface area contributed by atoms with E-state index in [1.165, 1.54) is 0 Å². The van der Waals surface area contributed by atoms with Crippen molar-refractivity contribution in [1.29, 1.82) is 0 Å². The number of rotatable bonds is 2. The van der Waals surface area contributed by atoms with Crippen LogP contribution in [0, 0.1) is 0 Å². The van der Waals surface area contributed by atoms with Crippen LogP contribution in [0.1, 0.15) is 6.42 Å². The molecule has 1 atom stereocenters. The van der Waals surface area contributed by atoms with Crippen molar-refractivity contribution in [1.82, 2.24) is 4.98 Å². The monoisotopic (exact) mass is 270 g/mol. The Hall–Kier alpha value is -1.30. The number of carbonyl (C=O) groups excluding carboxylic acids is 1. The lowest BCUT2D eigenvalue weighted by atomic mass is 10.0. The summed E-state index contributed by atoms with van der Waals surface area (Å²) in [5, 5.41) is 0. The minimum Gasteiger partial charge on any atom is -0.396 e. The zero-order valence-electron chi connectivity index (χ0n) is 7.98. The second-order valence-electron chi connectivity index (χ2n) is 3.46. The molecule has 4 N–H and O–H groups in total. The summed E-state index contributed by atoms with van der Waals surface area (Å²) in [6.45, 7) is 0.792. The molecule has 1 amide bonds. The van der Waals surface area contributed by atoms with Gasteiger partial charge in [0.15, 0.2) is 0 Å². The van der Waals surface area contributed by atoms with Crippen molar-refractivity contribution >= 4 is 33.2 Å². The van der Waals surface area contributed by atoms with Gasteiger partial charge in [0.05, 0.1) is 22.0 Å². The summed E-state index contributed by atoms with van der Waals surface area (Å²) in [6, 6.07) is -0.244. The van der Waals surface area contributed by atoms with E-state index in [0.717, 1.165) is 23.1 Å². The first-order chi connectivity index (χ1) is 7.11. The molecule has 0 aliphatic carbocycles. The number of nitrogen functional groups attached to an aromatic ring is 1. The lowest BCUT2D eigenvalue weighted by Crippen LogP contribution is -2.55. The van der Waals surface area contributed by atoms with Gasteiger partial charge in [0.2, 0.25) is 5.91 Å². The first-order valence-electron chi connectivity index (χ1n) is 4.56. The van der Waals surface area contributed by atoms with E-state index in [4.69, 9.17) is 11.5 Å². The van der Waals surface area contributed by atoms with Gasteiger partial charge in [0.25, 0.3) is 0 Å². The molecule has 0 radical (unpaired) electrons. The topological polar surface area (TPSA) is 85.2 Å². The molecule has 1 aliphatic rings. The Labute approximate surface area is 95.6 Å². The van der Waals surface area contributed by atoms with E-state index in [0.29, 0.717) is 5.69 Å². The van der Waals surface area contributed by atoms with Crippen LogP contribution < -0.4 is 16.4 Å². The van der Waals surface area contributed by atoms with Crippen molar-refractivity contribution in [2.75, 3.05) is 17.2 Å². The maximum atomic E-state index is 11.1. The Bertz CT molecular complexity index is 389. The first-order valence-corrected chi connectivity index (χ1v) is 5.35. The summed E-state index contributed by atoms with van der Waals surface area (Å²) in [4.78, 5) is 16.9. The maximum Gasteiger partial charge on any atom is 0.240 e. The quantitative estimate of drug-likeness (QED) is 0.819. The minimum absolute atomic E-state index is 0.244. The average Bonchev–Trinajstić information content (AvgIpc) is 2.08. The third-order valence-electron chi connectivity index (χ3n) is 2.54. The Balaban J connectivity index is 2.34. The molecule has 1 aromatic rings. The Morgan fingerprint density at radius 1 is 1.60 bits per heavy atom.